The van der Waals surface area contributed by atoms with Crippen LogP contribution in [0, 0.1) is 6.92 Å². The summed E-state index contributed by atoms with van der Waals surface area (Å²) >= 11 is 0. The topological polar surface area (TPSA) is 9.23 Å². The minimum atomic E-state index is 0.900. The molecule has 1 heteroatoms. The highest BCUT2D eigenvalue weighted by Gasteiger charge is 1.97. The van der Waals surface area contributed by atoms with E-state index in [9.17, 15) is 0 Å². The number of para-hydroxylation sites is 1. The van der Waals surface area contributed by atoms with Gasteiger partial charge in [-0.05, 0) is 38.5 Å². The SMILES string of the molecule is C/C=C\C=C(/C)Oc1ccccc1C. The number of hydrogen-bond acceptors (Lipinski definition) is 1. The van der Waals surface area contributed by atoms with Gasteiger partial charge in [-0.1, -0.05) is 30.4 Å². The summed E-state index contributed by atoms with van der Waals surface area (Å²) < 4.78 is 5.66. The van der Waals surface area contributed by atoms with E-state index in [2.05, 4.69) is 0 Å². The highest BCUT2D eigenvalue weighted by atomic mass is 16.5. The third-order valence-corrected chi connectivity index (χ3v) is 1.89. The molecule has 0 radical (unpaired) electrons. The molecule has 0 aromatic heterocycles. The van der Waals surface area contributed by atoms with Crippen LogP contribution in [0.15, 0.2) is 48.3 Å². The molecule has 0 atom stereocenters. The molecule has 14 heavy (non-hydrogen) atoms. The molecule has 0 heterocycles. The van der Waals surface area contributed by atoms with E-state index in [0.717, 1.165) is 17.1 Å². The molecule has 0 N–H and O–H groups in total. The molecular weight excluding hydrogens is 172 g/mol. The van der Waals surface area contributed by atoms with Gasteiger partial charge in [0.05, 0.1) is 0 Å². The summed E-state index contributed by atoms with van der Waals surface area (Å²) in [7, 11) is 0. The molecule has 0 saturated heterocycles. The van der Waals surface area contributed by atoms with Crippen molar-refractivity contribution in [1.82, 2.24) is 0 Å². The fourth-order valence-corrected chi connectivity index (χ4v) is 1.11. The molecule has 0 fully saturated rings. The van der Waals surface area contributed by atoms with Crippen LogP contribution in [-0.4, -0.2) is 0 Å². The smallest absolute Gasteiger partial charge is 0.129 e. The van der Waals surface area contributed by atoms with Crippen molar-refractivity contribution in [3.8, 4) is 5.75 Å². The van der Waals surface area contributed by atoms with Gasteiger partial charge in [0, 0.05) is 0 Å². The van der Waals surface area contributed by atoms with Gasteiger partial charge in [-0.2, -0.15) is 0 Å². The Labute approximate surface area is 85.7 Å². The third-order valence-electron chi connectivity index (χ3n) is 1.89. The summed E-state index contributed by atoms with van der Waals surface area (Å²) in [5.74, 6) is 1.82. The molecule has 1 rings (SSSR count). The first-order chi connectivity index (χ1) is 6.74. The van der Waals surface area contributed by atoms with E-state index in [1.165, 1.54) is 0 Å². The van der Waals surface area contributed by atoms with Crippen molar-refractivity contribution in [2.24, 2.45) is 0 Å². The maximum atomic E-state index is 5.66. The van der Waals surface area contributed by atoms with Crippen LogP contribution in [-0.2, 0) is 0 Å². The van der Waals surface area contributed by atoms with Gasteiger partial charge < -0.3 is 4.74 Å². The summed E-state index contributed by atoms with van der Waals surface area (Å²) in [5, 5.41) is 0. The van der Waals surface area contributed by atoms with E-state index < -0.39 is 0 Å². The first-order valence-electron chi connectivity index (χ1n) is 4.77. The van der Waals surface area contributed by atoms with Crippen LogP contribution >= 0.6 is 0 Å². The van der Waals surface area contributed by atoms with Crippen LogP contribution in [0.4, 0.5) is 0 Å². The van der Waals surface area contributed by atoms with E-state index in [1.807, 2.05) is 63.3 Å². The van der Waals surface area contributed by atoms with Crippen molar-refractivity contribution in [1.29, 1.82) is 0 Å². The fraction of sp³-hybridized carbons (Fsp3) is 0.231. The third kappa shape index (κ3) is 3.09. The molecular formula is C13H16O. The predicted molar refractivity (Wildman–Crippen MR) is 60.4 cm³/mol. The molecule has 1 aromatic rings. The second kappa shape index (κ2) is 5.28. The second-order valence-electron chi connectivity index (χ2n) is 3.17. The van der Waals surface area contributed by atoms with Crippen molar-refractivity contribution in [3.05, 3.63) is 53.8 Å². The lowest BCUT2D eigenvalue weighted by Crippen LogP contribution is -1.91. The van der Waals surface area contributed by atoms with Crippen LogP contribution in [0.2, 0.25) is 0 Å². The number of hydrogen-bond donors (Lipinski definition) is 0. The van der Waals surface area contributed by atoms with E-state index in [1.54, 1.807) is 0 Å². The zero-order valence-corrected chi connectivity index (χ0v) is 8.95. The maximum absolute atomic E-state index is 5.66. The largest absolute Gasteiger partial charge is 0.462 e. The Morgan fingerprint density at radius 3 is 2.64 bits per heavy atom. The van der Waals surface area contributed by atoms with E-state index >= 15 is 0 Å². The van der Waals surface area contributed by atoms with Gasteiger partial charge >= 0.3 is 0 Å². The Bertz CT molecular complexity index is 348. The van der Waals surface area contributed by atoms with Crippen LogP contribution in [0.5, 0.6) is 5.75 Å². The van der Waals surface area contributed by atoms with Crippen LogP contribution in [0.3, 0.4) is 0 Å². The minimum absolute atomic E-state index is 0.900. The van der Waals surface area contributed by atoms with Crippen LogP contribution < -0.4 is 4.74 Å². The van der Waals surface area contributed by atoms with Gasteiger partial charge in [0.1, 0.15) is 11.5 Å². The molecule has 0 bridgehead atoms. The van der Waals surface area contributed by atoms with Crippen molar-refractivity contribution < 1.29 is 4.74 Å². The number of benzene rings is 1. The van der Waals surface area contributed by atoms with Gasteiger partial charge in [0.2, 0.25) is 0 Å². The predicted octanol–water partition coefficient (Wildman–Crippen LogP) is 3.85. The summed E-state index contributed by atoms with van der Waals surface area (Å²) in [6.45, 7) is 5.97. The lowest BCUT2D eigenvalue weighted by Gasteiger charge is -2.07. The molecule has 0 amide bonds. The lowest BCUT2D eigenvalue weighted by atomic mass is 10.2. The van der Waals surface area contributed by atoms with Crippen LogP contribution in [0.1, 0.15) is 19.4 Å². The van der Waals surface area contributed by atoms with E-state index in [0.29, 0.717) is 0 Å². The number of aryl methyl sites for hydroxylation is 1. The first-order valence-corrected chi connectivity index (χ1v) is 4.77. The van der Waals surface area contributed by atoms with Gasteiger partial charge in [0.15, 0.2) is 0 Å². The zero-order valence-electron chi connectivity index (χ0n) is 8.95. The quantitative estimate of drug-likeness (QED) is 0.517. The standard InChI is InChI=1S/C13H16O/c1-4-5-9-12(3)14-13-10-7-6-8-11(13)2/h4-10H,1-3H3/b5-4-,12-9+. The second-order valence-corrected chi connectivity index (χ2v) is 3.17. The minimum Gasteiger partial charge on any atom is -0.462 e. The monoisotopic (exact) mass is 188 g/mol. The van der Waals surface area contributed by atoms with Crippen molar-refractivity contribution in [2.75, 3.05) is 0 Å². The van der Waals surface area contributed by atoms with E-state index in [-0.39, 0.29) is 0 Å². The first kappa shape index (κ1) is 10.6. The van der Waals surface area contributed by atoms with Gasteiger partial charge in [-0.25, -0.2) is 0 Å². The fourth-order valence-electron chi connectivity index (χ4n) is 1.11. The lowest BCUT2D eigenvalue weighted by molar-refractivity contribution is 0.425. The zero-order chi connectivity index (χ0) is 10.4. The Kier molecular flexibility index (Phi) is 3.99. The van der Waals surface area contributed by atoms with Gasteiger partial charge in [0.25, 0.3) is 0 Å². The Balaban J connectivity index is 2.74. The number of ether oxygens (including phenoxy) is 1. The molecule has 0 aliphatic carbocycles. The summed E-state index contributed by atoms with van der Waals surface area (Å²) in [6.07, 6.45) is 5.89. The maximum Gasteiger partial charge on any atom is 0.129 e. The molecule has 0 aliphatic rings. The molecule has 1 nitrogen and oxygen atoms in total. The number of allylic oxidation sites excluding steroid dienone is 4. The van der Waals surface area contributed by atoms with Crippen molar-refractivity contribution in [2.45, 2.75) is 20.8 Å². The highest BCUT2D eigenvalue weighted by molar-refractivity contribution is 5.33. The highest BCUT2D eigenvalue weighted by Crippen LogP contribution is 2.18. The normalized spacial score (nSPS) is 12.1. The molecule has 0 unspecified atom stereocenters. The Morgan fingerprint density at radius 2 is 2.00 bits per heavy atom. The molecule has 1 aromatic carbocycles. The molecule has 74 valence electrons. The van der Waals surface area contributed by atoms with Gasteiger partial charge in [-0.15, -0.1) is 0 Å². The van der Waals surface area contributed by atoms with Crippen molar-refractivity contribution in [3.63, 3.8) is 0 Å². The Hall–Kier alpha value is -1.50. The average molecular weight is 188 g/mol. The molecule has 0 saturated carbocycles. The van der Waals surface area contributed by atoms with Crippen molar-refractivity contribution >= 4 is 0 Å². The Morgan fingerprint density at radius 1 is 1.29 bits per heavy atom. The summed E-state index contributed by atoms with van der Waals surface area (Å²) in [5.41, 5.74) is 1.15. The summed E-state index contributed by atoms with van der Waals surface area (Å²) in [4.78, 5) is 0. The van der Waals surface area contributed by atoms with Gasteiger partial charge in [-0.3, -0.25) is 0 Å². The average Bonchev–Trinajstić information content (AvgIpc) is 2.18. The van der Waals surface area contributed by atoms with E-state index in [4.69, 9.17) is 4.74 Å². The van der Waals surface area contributed by atoms with Crippen LogP contribution in [0.25, 0.3) is 0 Å². The molecule has 0 spiro atoms. The molecule has 0 aliphatic heterocycles. The summed E-state index contributed by atoms with van der Waals surface area (Å²) in [6, 6.07) is 8.00. The number of rotatable bonds is 3.